The number of ether oxygens (including phenoxy) is 1. The van der Waals surface area contributed by atoms with Crippen LogP contribution in [0.15, 0.2) is 16.9 Å². The van der Waals surface area contributed by atoms with Crippen molar-refractivity contribution in [3.8, 4) is 0 Å². The molecule has 3 rings (SSSR count). The van der Waals surface area contributed by atoms with Gasteiger partial charge in [-0.2, -0.15) is 0 Å². The monoisotopic (exact) mass is 267 g/mol. The van der Waals surface area contributed by atoms with Crippen LogP contribution in [0.3, 0.4) is 0 Å². The van der Waals surface area contributed by atoms with Gasteiger partial charge in [-0.3, -0.25) is 4.67 Å². The molecule has 0 N–H and O–H groups in total. The summed E-state index contributed by atoms with van der Waals surface area (Å²) < 4.78 is 7.23. The Morgan fingerprint density at radius 3 is 2.78 bits per heavy atom. The van der Waals surface area contributed by atoms with Crippen molar-refractivity contribution in [2.45, 2.75) is 19.8 Å². The lowest BCUT2D eigenvalue weighted by atomic mass is 9.87. The van der Waals surface area contributed by atoms with Crippen LogP contribution >= 0.6 is 9.39 Å². The van der Waals surface area contributed by atoms with Crippen molar-refractivity contribution >= 4 is 21.3 Å². The van der Waals surface area contributed by atoms with E-state index in [2.05, 4.69) is 24.0 Å². The van der Waals surface area contributed by atoms with Gasteiger partial charge in [0.2, 0.25) is 0 Å². The molecule has 3 aliphatic heterocycles. The first-order valence-electron chi connectivity index (χ1n) is 6.29. The van der Waals surface area contributed by atoms with Crippen molar-refractivity contribution in [3.05, 3.63) is 11.9 Å². The van der Waals surface area contributed by atoms with Crippen LogP contribution in [0.4, 0.5) is 0 Å². The molecular weight excluding hydrogens is 249 g/mol. The molecule has 2 unspecified atom stereocenters. The molecule has 5 nitrogen and oxygen atoms in total. The number of nitrogens with zero attached hydrogens (tertiary/aromatic N) is 3. The lowest BCUT2D eigenvalue weighted by Gasteiger charge is -2.22. The topological polar surface area (TPSA) is 45.1 Å². The highest BCUT2D eigenvalue weighted by atomic mass is 31.0. The molecule has 3 aliphatic rings. The third-order valence-corrected chi connectivity index (χ3v) is 4.41. The molecule has 0 aliphatic carbocycles. The van der Waals surface area contributed by atoms with E-state index in [0.717, 1.165) is 26.2 Å². The molecule has 0 aromatic heterocycles. The smallest absolute Gasteiger partial charge is 0.365 e. The minimum absolute atomic E-state index is 0.326. The van der Waals surface area contributed by atoms with Gasteiger partial charge in [0.15, 0.2) is 11.6 Å². The molecule has 0 aromatic rings. The van der Waals surface area contributed by atoms with E-state index >= 15 is 0 Å². The van der Waals surface area contributed by atoms with Crippen molar-refractivity contribution < 1.29 is 9.53 Å². The zero-order valence-corrected chi connectivity index (χ0v) is 11.7. The highest BCUT2D eigenvalue weighted by Gasteiger charge is 2.42. The minimum Gasteiger partial charge on any atom is -0.407 e. The predicted molar refractivity (Wildman–Crippen MR) is 71.8 cm³/mol. The van der Waals surface area contributed by atoms with E-state index in [1.807, 2.05) is 6.20 Å². The molecule has 0 radical (unpaired) electrons. The number of cyclic esters (lactones) is 1. The molecule has 1 spiro atoms. The van der Waals surface area contributed by atoms with Crippen molar-refractivity contribution in [1.29, 1.82) is 0 Å². The van der Waals surface area contributed by atoms with Gasteiger partial charge in [-0.15, -0.1) is 0 Å². The van der Waals surface area contributed by atoms with Gasteiger partial charge in [-0.1, -0.05) is 9.39 Å². The standard InChI is InChI=1S/C12H18N3O2P/c1-9-13-10(11(16)17-9)6-14-4-2-12(7-14)3-5-15(18)8-12/h6H,2-5,7-8,18H2,1H3/b10-6-. The van der Waals surface area contributed by atoms with Gasteiger partial charge in [0.05, 0.1) is 0 Å². The summed E-state index contributed by atoms with van der Waals surface area (Å²) in [5, 5.41) is 0. The summed E-state index contributed by atoms with van der Waals surface area (Å²) in [6, 6.07) is 0. The Morgan fingerprint density at radius 2 is 2.17 bits per heavy atom. The maximum atomic E-state index is 11.5. The molecule has 98 valence electrons. The van der Waals surface area contributed by atoms with Crippen LogP contribution in [-0.2, 0) is 9.53 Å². The van der Waals surface area contributed by atoms with Gasteiger partial charge in [0.1, 0.15) is 0 Å². The molecule has 3 heterocycles. The van der Waals surface area contributed by atoms with E-state index in [-0.39, 0.29) is 5.97 Å². The van der Waals surface area contributed by atoms with Gasteiger partial charge in [0, 0.05) is 44.7 Å². The lowest BCUT2D eigenvalue weighted by molar-refractivity contribution is -0.130. The maximum absolute atomic E-state index is 11.5. The molecule has 0 saturated carbocycles. The molecule has 2 fully saturated rings. The molecule has 18 heavy (non-hydrogen) atoms. The van der Waals surface area contributed by atoms with E-state index in [0.29, 0.717) is 17.0 Å². The Hall–Kier alpha value is -0.930. The average Bonchev–Trinajstić information content (AvgIpc) is 2.93. The zero-order chi connectivity index (χ0) is 12.8. The second kappa shape index (κ2) is 4.32. The SMILES string of the molecule is CC1=N/C(=C\N2CCC3(CCN(P)C3)C2)C(=O)O1. The fourth-order valence-electron chi connectivity index (χ4n) is 3.06. The number of aliphatic imine (C=N–C) groups is 1. The van der Waals surface area contributed by atoms with Gasteiger partial charge in [-0.25, -0.2) is 9.79 Å². The van der Waals surface area contributed by atoms with Crippen LogP contribution in [0.1, 0.15) is 19.8 Å². The van der Waals surface area contributed by atoms with E-state index in [9.17, 15) is 4.79 Å². The summed E-state index contributed by atoms with van der Waals surface area (Å²) in [6.07, 6.45) is 4.29. The fourth-order valence-corrected chi connectivity index (χ4v) is 3.58. The number of hydrogen-bond acceptors (Lipinski definition) is 5. The molecular formula is C12H18N3O2P. The molecule has 0 bridgehead atoms. The second-order valence-corrected chi connectivity index (χ2v) is 6.21. The van der Waals surface area contributed by atoms with Crippen LogP contribution in [-0.4, -0.2) is 47.6 Å². The van der Waals surface area contributed by atoms with Crippen molar-refractivity contribution in [2.24, 2.45) is 10.4 Å². The summed E-state index contributed by atoms with van der Waals surface area (Å²) in [7, 11) is 2.79. The van der Waals surface area contributed by atoms with Gasteiger partial charge >= 0.3 is 5.97 Å². The highest BCUT2D eigenvalue weighted by Crippen LogP contribution is 2.40. The Morgan fingerprint density at radius 1 is 1.39 bits per heavy atom. The molecule has 0 aromatic carbocycles. The normalized spacial score (nSPS) is 34.8. The third-order valence-electron chi connectivity index (χ3n) is 3.97. The number of hydrogen-bond donors (Lipinski definition) is 0. The van der Waals surface area contributed by atoms with E-state index in [1.54, 1.807) is 6.92 Å². The van der Waals surface area contributed by atoms with E-state index in [4.69, 9.17) is 4.74 Å². The Labute approximate surface area is 109 Å². The van der Waals surface area contributed by atoms with Crippen LogP contribution < -0.4 is 0 Å². The number of likely N-dealkylation sites (tertiary alicyclic amines) is 1. The summed E-state index contributed by atoms with van der Waals surface area (Å²) in [5.74, 6) is 0.115. The minimum atomic E-state index is -0.326. The predicted octanol–water partition coefficient (Wildman–Crippen LogP) is 0.991. The summed E-state index contributed by atoms with van der Waals surface area (Å²) in [4.78, 5) is 17.8. The third kappa shape index (κ3) is 2.17. The highest BCUT2D eigenvalue weighted by molar-refractivity contribution is 7.13. The fraction of sp³-hybridized carbons (Fsp3) is 0.667. The van der Waals surface area contributed by atoms with Crippen molar-refractivity contribution in [1.82, 2.24) is 9.57 Å². The number of carbonyl (C=O) groups excluding carboxylic acids is 1. The quantitative estimate of drug-likeness (QED) is 0.404. The summed E-state index contributed by atoms with van der Waals surface area (Å²) in [5.41, 5.74) is 0.838. The Balaban J connectivity index is 1.70. The molecule has 2 saturated heterocycles. The number of esters is 1. The first-order chi connectivity index (χ1) is 8.56. The molecule has 0 amide bonds. The molecule has 2 atom stereocenters. The average molecular weight is 267 g/mol. The first kappa shape index (κ1) is 12.1. The van der Waals surface area contributed by atoms with Crippen LogP contribution in [0.5, 0.6) is 0 Å². The summed E-state index contributed by atoms with van der Waals surface area (Å²) >= 11 is 0. The molecule has 6 heteroatoms. The van der Waals surface area contributed by atoms with Crippen LogP contribution in [0.2, 0.25) is 0 Å². The second-order valence-electron chi connectivity index (χ2n) is 5.48. The van der Waals surface area contributed by atoms with Crippen molar-refractivity contribution in [3.63, 3.8) is 0 Å². The van der Waals surface area contributed by atoms with E-state index < -0.39 is 0 Å². The number of carbonyl (C=O) groups is 1. The zero-order valence-electron chi connectivity index (χ0n) is 10.6. The maximum Gasteiger partial charge on any atom is 0.365 e. The van der Waals surface area contributed by atoms with Crippen molar-refractivity contribution in [2.75, 3.05) is 26.2 Å². The van der Waals surface area contributed by atoms with Gasteiger partial charge < -0.3 is 9.64 Å². The van der Waals surface area contributed by atoms with Gasteiger partial charge in [-0.05, 0) is 12.8 Å². The van der Waals surface area contributed by atoms with Crippen LogP contribution in [0.25, 0.3) is 0 Å². The lowest BCUT2D eigenvalue weighted by Crippen LogP contribution is -2.26. The Bertz CT molecular complexity index is 449. The number of rotatable bonds is 1. The first-order valence-corrected chi connectivity index (χ1v) is 6.81. The van der Waals surface area contributed by atoms with Gasteiger partial charge in [0.25, 0.3) is 0 Å². The Kier molecular flexibility index (Phi) is 2.91. The van der Waals surface area contributed by atoms with E-state index in [1.165, 1.54) is 12.8 Å². The van der Waals surface area contributed by atoms with Crippen LogP contribution in [0, 0.1) is 5.41 Å². The summed E-state index contributed by atoms with van der Waals surface area (Å²) in [6.45, 7) is 6.00. The largest absolute Gasteiger partial charge is 0.407 e.